The van der Waals surface area contributed by atoms with E-state index in [0.717, 1.165) is 6.42 Å². The Morgan fingerprint density at radius 2 is 2.19 bits per heavy atom. The summed E-state index contributed by atoms with van der Waals surface area (Å²) >= 11 is 0. The molecule has 2 rings (SSSR count). The maximum Gasteiger partial charge on any atom is 0.0655 e. The molecule has 1 aliphatic rings. The van der Waals surface area contributed by atoms with E-state index in [9.17, 15) is 0 Å². The van der Waals surface area contributed by atoms with Crippen LogP contribution in [0.1, 0.15) is 56.3 Å². The molecule has 1 aromatic heterocycles. The number of likely N-dealkylation sites (N-methyl/N-ethyl adjacent to an activating group) is 1. The normalized spacial score (nSPS) is 19.9. The molecule has 1 unspecified atom stereocenters. The Balaban J connectivity index is 1.95. The third kappa shape index (κ3) is 2.85. The highest BCUT2D eigenvalue weighted by Gasteiger charge is 2.18. The van der Waals surface area contributed by atoms with Gasteiger partial charge in [-0.1, -0.05) is 19.3 Å². The van der Waals surface area contributed by atoms with Crippen LogP contribution in [0.15, 0.2) is 6.07 Å². The number of nitrogens with one attached hydrogen (secondary N) is 2. The second-order valence-corrected chi connectivity index (χ2v) is 5.05. The van der Waals surface area contributed by atoms with Gasteiger partial charge in [-0.15, -0.1) is 0 Å². The van der Waals surface area contributed by atoms with Crippen molar-refractivity contribution in [2.24, 2.45) is 0 Å². The summed E-state index contributed by atoms with van der Waals surface area (Å²) in [6.07, 6.45) is 7.85. The van der Waals surface area contributed by atoms with Gasteiger partial charge in [-0.25, -0.2) is 0 Å². The van der Waals surface area contributed by atoms with Crippen LogP contribution in [0.2, 0.25) is 0 Å². The lowest BCUT2D eigenvalue weighted by Crippen LogP contribution is -2.23. The molecule has 3 nitrogen and oxygen atoms in total. The topological polar surface area (TPSA) is 40.7 Å². The third-order valence-corrected chi connectivity index (χ3v) is 3.69. The molecule has 1 heterocycles. The molecule has 1 aromatic rings. The van der Waals surface area contributed by atoms with E-state index in [1.165, 1.54) is 43.5 Å². The summed E-state index contributed by atoms with van der Waals surface area (Å²) in [4.78, 5) is 0. The minimum Gasteiger partial charge on any atom is -0.317 e. The summed E-state index contributed by atoms with van der Waals surface area (Å²) in [7, 11) is 2.00. The fourth-order valence-electron chi connectivity index (χ4n) is 2.52. The number of hydrogen-bond donors (Lipinski definition) is 2. The van der Waals surface area contributed by atoms with Crippen LogP contribution >= 0.6 is 0 Å². The minimum absolute atomic E-state index is 0.514. The van der Waals surface area contributed by atoms with Gasteiger partial charge in [-0.2, -0.15) is 5.10 Å². The van der Waals surface area contributed by atoms with Gasteiger partial charge in [0.2, 0.25) is 0 Å². The van der Waals surface area contributed by atoms with Crippen molar-refractivity contribution in [3.63, 3.8) is 0 Å². The number of nitrogens with zero attached hydrogens (tertiary/aromatic N) is 1. The van der Waals surface area contributed by atoms with Crippen LogP contribution in [0, 0.1) is 0 Å². The summed E-state index contributed by atoms with van der Waals surface area (Å²) in [5.74, 6) is 0.712. The molecule has 2 N–H and O–H groups in total. The van der Waals surface area contributed by atoms with Crippen LogP contribution in [-0.4, -0.2) is 23.3 Å². The molecule has 1 aliphatic carbocycles. The Labute approximate surface area is 98.0 Å². The van der Waals surface area contributed by atoms with Gasteiger partial charge in [0.05, 0.1) is 5.69 Å². The highest BCUT2D eigenvalue weighted by molar-refractivity contribution is 5.14. The van der Waals surface area contributed by atoms with Gasteiger partial charge in [0.15, 0.2) is 0 Å². The van der Waals surface area contributed by atoms with E-state index >= 15 is 0 Å². The average molecular weight is 221 g/mol. The fraction of sp³-hybridized carbons (Fsp3) is 0.769. The van der Waals surface area contributed by atoms with E-state index in [2.05, 4.69) is 28.5 Å². The molecule has 90 valence electrons. The summed E-state index contributed by atoms with van der Waals surface area (Å²) in [5.41, 5.74) is 2.56. The predicted octanol–water partition coefficient (Wildman–Crippen LogP) is 2.61. The Hall–Kier alpha value is -0.830. The molecular weight excluding hydrogens is 198 g/mol. The molecule has 0 saturated heterocycles. The number of rotatable bonds is 4. The maximum atomic E-state index is 4.47. The minimum atomic E-state index is 0.514. The van der Waals surface area contributed by atoms with E-state index in [-0.39, 0.29) is 0 Å². The highest BCUT2D eigenvalue weighted by atomic mass is 15.1. The standard InChI is InChI=1S/C13H23N3/c1-10(14-2)8-12-9-13(16-15-12)11-6-4-3-5-7-11/h9-11,14H,3-8H2,1-2H3,(H,15,16). The van der Waals surface area contributed by atoms with E-state index < -0.39 is 0 Å². The lowest BCUT2D eigenvalue weighted by molar-refractivity contribution is 0.436. The Bertz CT molecular complexity index is 313. The van der Waals surface area contributed by atoms with Crippen LogP contribution in [0.4, 0.5) is 0 Å². The molecule has 16 heavy (non-hydrogen) atoms. The van der Waals surface area contributed by atoms with Crippen LogP contribution in [0.25, 0.3) is 0 Å². The number of aromatic nitrogens is 2. The van der Waals surface area contributed by atoms with Crippen molar-refractivity contribution < 1.29 is 0 Å². The van der Waals surface area contributed by atoms with E-state index in [0.29, 0.717) is 12.0 Å². The zero-order valence-electron chi connectivity index (χ0n) is 10.4. The first-order valence-corrected chi connectivity index (χ1v) is 6.51. The van der Waals surface area contributed by atoms with Gasteiger partial charge >= 0.3 is 0 Å². The van der Waals surface area contributed by atoms with Crippen molar-refractivity contribution in [1.29, 1.82) is 0 Å². The molecule has 0 aliphatic heterocycles. The summed E-state index contributed by atoms with van der Waals surface area (Å²) in [6.45, 7) is 2.20. The van der Waals surface area contributed by atoms with E-state index in [4.69, 9.17) is 0 Å². The van der Waals surface area contributed by atoms with Crippen LogP contribution < -0.4 is 5.32 Å². The zero-order chi connectivity index (χ0) is 11.4. The van der Waals surface area contributed by atoms with Gasteiger partial charge in [-0.05, 0) is 32.9 Å². The Kier molecular flexibility index (Phi) is 3.99. The second kappa shape index (κ2) is 5.48. The molecule has 0 bridgehead atoms. The Morgan fingerprint density at radius 3 is 2.88 bits per heavy atom. The second-order valence-electron chi connectivity index (χ2n) is 5.05. The lowest BCUT2D eigenvalue weighted by atomic mass is 9.87. The molecule has 1 saturated carbocycles. The molecule has 0 aromatic carbocycles. The van der Waals surface area contributed by atoms with Gasteiger partial charge in [0.25, 0.3) is 0 Å². The molecule has 0 amide bonds. The predicted molar refractivity (Wildman–Crippen MR) is 66.6 cm³/mol. The summed E-state index contributed by atoms with van der Waals surface area (Å²) < 4.78 is 0. The summed E-state index contributed by atoms with van der Waals surface area (Å²) in [5, 5.41) is 10.9. The van der Waals surface area contributed by atoms with Crippen molar-refractivity contribution in [3.05, 3.63) is 17.5 Å². The first kappa shape index (κ1) is 11.6. The Morgan fingerprint density at radius 1 is 1.44 bits per heavy atom. The third-order valence-electron chi connectivity index (χ3n) is 3.69. The van der Waals surface area contributed by atoms with Gasteiger partial charge in [0.1, 0.15) is 0 Å². The van der Waals surface area contributed by atoms with E-state index in [1.807, 2.05) is 7.05 Å². The van der Waals surface area contributed by atoms with E-state index in [1.54, 1.807) is 0 Å². The van der Waals surface area contributed by atoms with Crippen molar-refractivity contribution in [2.45, 2.75) is 57.4 Å². The molecule has 0 spiro atoms. The monoisotopic (exact) mass is 221 g/mol. The van der Waals surface area contributed by atoms with Crippen LogP contribution in [-0.2, 0) is 6.42 Å². The first-order chi connectivity index (χ1) is 7.79. The molecule has 1 fully saturated rings. The molecule has 1 atom stereocenters. The van der Waals surface area contributed by atoms with Gasteiger partial charge in [0, 0.05) is 24.1 Å². The molecular formula is C13H23N3. The fourth-order valence-corrected chi connectivity index (χ4v) is 2.52. The maximum absolute atomic E-state index is 4.47. The lowest BCUT2D eigenvalue weighted by Gasteiger charge is -2.19. The summed E-state index contributed by atoms with van der Waals surface area (Å²) in [6, 6.07) is 2.78. The number of hydrogen-bond acceptors (Lipinski definition) is 2. The SMILES string of the molecule is CNC(C)Cc1cc(C2CCCCC2)n[nH]1. The average Bonchev–Trinajstić information content (AvgIpc) is 2.78. The number of H-pyrrole nitrogens is 1. The molecule has 0 radical (unpaired) electrons. The van der Waals surface area contributed by atoms with Gasteiger partial charge in [-0.3, -0.25) is 5.10 Å². The quantitative estimate of drug-likeness (QED) is 0.820. The molecule has 3 heteroatoms. The van der Waals surface area contributed by atoms with Crippen LogP contribution in [0.3, 0.4) is 0 Å². The first-order valence-electron chi connectivity index (χ1n) is 6.51. The van der Waals surface area contributed by atoms with Crippen molar-refractivity contribution >= 4 is 0 Å². The smallest absolute Gasteiger partial charge is 0.0655 e. The van der Waals surface area contributed by atoms with Crippen molar-refractivity contribution in [2.75, 3.05) is 7.05 Å². The van der Waals surface area contributed by atoms with Crippen molar-refractivity contribution in [1.82, 2.24) is 15.5 Å². The van der Waals surface area contributed by atoms with Crippen LogP contribution in [0.5, 0.6) is 0 Å². The zero-order valence-corrected chi connectivity index (χ0v) is 10.4. The highest BCUT2D eigenvalue weighted by Crippen LogP contribution is 2.31. The van der Waals surface area contributed by atoms with Crippen molar-refractivity contribution in [3.8, 4) is 0 Å². The van der Waals surface area contributed by atoms with Gasteiger partial charge < -0.3 is 5.32 Å². The number of aromatic amines is 1. The largest absolute Gasteiger partial charge is 0.317 e.